The van der Waals surface area contributed by atoms with Crippen molar-refractivity contribution in [1.82, 2.24) is 20.4 Å². The molecule has 1 aromatic heterocycles. The first-order chi connectivity index (χ1) is 10.4. The van der Waals surface area contributed by atoms with Crippen LogP contribution in [-0.2, 0) is 9.84 Å². The molecule has 1 aliphatic rings. The van der Waals surface area contributed by atoms with Crippen molar-refractivity contribution in [2.75, 3.05) is 32.9 Å². The fourth-order valence-corrected chi connectivity index (χ4v) is 3.06. The van der Waals surface area contributed by atoms with E-state index in [2.05, 4.69) is 20.4 Å². The van der Waals surface area contributed by atoms with E-state index < -0.39 is 9.84 Å². The fraction of sp³-hybridized carbons (Fsp3) is 0.429. The molecule has 1 aromatic carbocycles. The summed E-state index contributed by atoms with van der Waals surface area (Å²) in [6.45, 7) is 2.66. The van der Waals surface area contributed by atoms with Gasteiger partial charge in [0.15, 0.2) is 15.7 Å². The van der Waals surface area contributed by atoms with Gasteiger partial charge in [0, 0.05) is 31.5 Å². The lowest BCUT2D eigenvalue weighted by Crippen LogP contribution is -2.44. The SMILES string of the molecule is CN1CCNCC1c1noc(-c2ccc(S(C)(=O)=O)cc2)n1.Cl. The predicted molar refractivity (Wildman–Crippen MR) is 88.3 cm³/mol. The summed E-state index contributed by atoms with van der Waals surface area (Å²) in [6, 6.07) is 6.53. The molecule has 23 heavy (non-hydrogen) atoms. The number of sulfone groups is 1. The minimum Gasteiger partial charge on any atom is -0.334 e. The minimum atomic E-state index is -3.20. The second-order valence-corrected chi connectivity index (χ2v) is 7.47. The third-order valence-electron chi connectivity index (χ3n) is 3.78. The fourth-order valence-electron chi connectivity index (χ4n) is 2.43. The predicted octanol–water partition coefficient (Wildman–Crippen LogP) is 1.14. The molecule has 0 spiro atoms. The van der Waals surface area contributed by atoms with E-state index in [9.17, 15) is 8.42 Å². The number of piperazine rings is 1. The first-order valence-electron chi connectivity index (χ1n) is 7.00. The van der Waals surface area contributed by atoms with Crippen LogP contribution in [-0.4, -0.2) is 56.4 Å². The third-order valence-corrected chi connectivity index (χ3v) is 4.91. The molecule has 126 valence electrons. The van der Waals surface area contributed by atoms with Crippen molar-refractivity contribution in [1.29, 1.82) is 0 Å². The van der Waals surface area contributed by atoms with Gasteiger partial charge < -0.3 is 9.84 Å². The van der Waals surface area contributed by atoms with E-state index in [0.717, 1.165) is 19.6 Å². The molecule has 7 nitrogen and oxygen atoms in total. The molecule has 0 bridgehead atoms. The number of hydrogen-bond acceptors (Lipinski definition) is 7. The first kappa shape index (κ1) is 17.9. The van der Waals surface area contributed by atoms with E-state index in [4.69, 9.17) is 4.52 Å². The monoisotopic (exact) mass is 358 g/mol. The van der Waals surface area contributed by atoms with Gasteiger partial charge in [0.1, 0.15) is 0 Å². The van der Waals surface area contributed by atoms with Gasteiger partial charge in [-0.3, -0.25) is 4.90 Å². The Morgan fingerprint density at radius 1 is 1.30 bits per heavy atom. The molecule has 0 aliphatic carbocycles. The van der Waals surface area contributed by atoms with Crippen LogP contribution in [0.15, 0.2) is 33.7 Å². The molecule has 9 heteroatoms. The van der Waals surface area contributed by atoms with Crippen molar-refractivity contribution in [3.05, 3.63) is 30.1 Å². The zero-order valence-corrected chi connectivity index (χ0v) is 14.5. The quantitative estimate of drug-likeness (QED) is 0.880. The van der Waals surface area contributed by atoms with Crippen LogP contribution in [0.5, 0.6) is 0 Å². The highest BCUT2D eigenvalue weighted by atomic mass is 35.5. The van der Waals surface area contributed by atoms with Crippen LogP contribution in [0.1, 0.15) is 11.9 Å². The standard InChI is InChI=1S/C14H18N4O3S.ClH/c1-18-8-7-15-9-12(18)13-16-14(21-17-13)10-3-5-11(6-4-10)22(2,19)20;/h3-6,12,15H,7-9H2,1-2H3;1H. The minimum absolute atomic E-state index is 0. The van der Waals surface area contributed by atoms with Gasteiger partial charge in [0.05, 0.1) is 10.9 Å². The van der Waals surface area contributed by atoms with Gasteiger partial charge in [0.2, 0.25) is 0 Å². The van der Waals surface area contributed by atoms with Gasteiger partial charge in [-0.2, -0.15) is 4.98 Å². The summed E-state index contributed by atoms with van der Waals surface area (Å²) < 4.78 is 28.2. The number of nitrogens with zero attached hydrogens (tertiary/aromatic N) is 3. The van der Waals surface area contributed by atoms with Gasteiger partial charge in [0.25, 0.3) is 5.89 Å². The van der Waals surface area contributed by atoms with Crippen LogP contribution in [0.25, 0.3) is 11.5 Å². The van der Waals surface area contributed by atoms with Gasteiger partial charge in [-0.1, -0.05) is 5.16 Å². The zero-order chi connectivity index (χ0) is 15.7. The van der Waals surface area contributed by atoms with E-state index in [-0.39, 0.29) is 23.3 Å². The van der Waals surface area contributed by atoms with Crippen molar-refractivity contribution >= 4 is 22.2 Å². The van der Waals surface area contributed by atoms with Crippen LogP contribution < -0.4 is 5.32 Å². The lowest BCUT2D eigenvalue weighted by Gasteiger charge is -2.30. The van der Waals surface area contributed by atoms with Crippen LogP contribution in [0, 0.1) is 0 Å². The number of benzene rings is 1. The number of nitrogens with one attached hydrogen (secondary N) is 1. The Morgan fingerprint density at radius 2 is 2.00 bits per heavy atom. The Balaban J connectivity index is 0.00000192. The molecule has 1 fully saturated rings. The Hall–Kier alpha value is -1.48. The second kappa shape index (κ2) is 6.96. The largest absolute Gasteiger partial charge is 0.334 e. The van der Waals surface area contributed by atoms with E-state index in [1.165, 1.54) is 6.26 Å². The summed E-state index contributed by atoms with van der Waals surface area (Å²) in [5.74, 6) is 1.03. The van der Waals surface area contributed by atoms with Crippen LogP contribution in [0.4, 0.5) is 0 Å². The topological polar surface area (TPSA) is 88.3 Å². The highest BCUT2D eigenvalue weighted by molar-refractivity contribution is 7.90. The number of likely N-dealkylation sites (N-methyl/N-ethyl adjacent to an activating group) is 1. The summed E-state index contributed by atoms with van der Waals surface area (Å²) in [4.78, 5) is 6.89. The van der Waals surface area contributed by atoms with Crippen molar-refractivity contribution in [2.24, 2.45) is 0 Å². The van der Waals surface area contributed by atoms with Crippen LogP contribution >= 0.6 is 12.4 Å². The maximum absolute atomic E-state index is 11.5. The Bertz CT molecular complexity index is 761. The average Bonchev–Trinajstić information content (AvgIpc) is 2.96. The number of rotatable bonds is 3. The lowest BCUT2D eigenvalue weighted by atomic mass is 10.2. The molecule has 0 amide bonds. The molecular formula is C14H19ClN4O3S. The normalized spacial score (nSPS) is 19.3. The lowest BCUT2D eigenvalue weighted by molar-refractivity contribution is 0.190. The van der Waals surface area contributed by atoms with Crippen molar-refractivity contribution < 1.29 is 12.9 Å². The highest BCUT2D eigenvalue weighted by Gasteiger charge is 2.25. The molecule has 1 atom stereocenters. The summed E-state index contributed by atoms with van der Waals surface area (Å²) in [6.07, 6.45) is 1.18. The van der Waals surface area contributed by atoms with Crippen molar-refractivity contribution in [3.8, 4) is 11.5 Å². The summed E-state index contributed by atoms with van der Waals surface area (Å²) in [5.41, 5.74) is 0.706. The van der Waals surface area contributed by atoms with Crippen molar-refractivity contribution in [3.63, 3.8) is 0 Å². The Labute approximate surface area is 141 Å². The van der Waals surface area contributed by atoms with Crippen LogP contribution in [0.3, 0.4) is 0 Å². The Morgan fingerprint density at radius 3 is 2.61 bits per heavy atom. The number of halogens is 1. The third kappa shape index (κ3) is 3.89. The average molecular weight is 359 g/mol. The summed E-state index contributed by atoms with van der Waals surface area (Å²) >= 11 is 0. The molecule has 1 unspecified atom stereocenters. The molecule has 1 saturated heterocycles. The van der Waals surface area contributed by atoms with Gasteiger partial charge in [-0.15, -0.1) is 12.4 Å². The molecule has 3 rings (SSSR count). The molecular weight excluding hydrogens is 340 g/mol. The van der Waals surface area contributed by atoms with Crippen LogP contribution in [0.2, 0.25) is 0 Å². The van der Waals surface area contributed by atoms with E-state index in [1.807, 2.05) is 7.05 Å². The second-order valence-electron chi connectivity index (χ2n) is 5.45. The van der Waals surface area contributed by atoms with E-state index in [0.29, 0.717) is 17.3 Å². The number of hydrogen-bond donors (Lipinski definition) is 1. The van der Waals surface area contributed by atoms with Crippen molar-refractivity contribution in [2.45, 2.75) is 10.9 Å². The van der Waals surface area contributed by atoms with Gasteiger partial charge >= 0.3 is 0 Å². The van der Waals surface area contributed by atoms with E-state index >= 15 is 0 Å². The number of aromatic nitrogens is 2. The smallest absolute Gasteiger partial charge is 0.257 e. The molecule has 2 heterocycles. The van der Waals surface area contributed by atoms with E-state index in [1.54, 1.807) is 24.3 Å². The van der Waals surface area contributed by atoms with Gasteiger partial charge in [-0.05, 0) is 31.3 Å². The molecule has 1 N–H and O–H groups in total. The molecule has 1 aliphatic heterocycles. The first-order valence-corrected chi connectivity index (χ1v) is 8.89. The molecule has 0 radical (unpaired) electrons. The zero-order valence-electron chi connectivity index (χ0n) is 12.9. The summed E-state index contributed by atoms with van der Waals surface area (Å²) in [5, 5.41) is 7.36. The molecule has 0 saturated carbocycles. The Kier molecular flexibility index (Phi) is 5.41. The molecule has 2 aromatic rings. The summed E-state index contributed by atoms with van der Waals surface area (Å²) in [7, 11) is -1.17. The maximum atomic E-state index is 11.5. The highest BCUT2D eigenvalue weighted by Crippen LogP contribution is 2.23. The maximum Gasteiger partial charge on any atom is 0.257 e. The van der Waals surface area contributed by atoms with Gasteiger partial charge in [-0.25, -0.2) is 8.42 Å².